The van der Waals surface area contributed by atoms with Crippen LogP contribution < -0.4 is 5.32 Å². The van der Waals surface area contributed by atoms with Gasteiger partial charge in [-0.05, 0) is 12.1 Å². The van der Waals surface area contributed by atoms with Crippen molar-refractivity contribution in [3.63, 3.8) is 0 Å². The summed E-state index contributed by atoms with van der Waals surface area (Å²) in [5.41, 5.74) is 0.810. The maximum atomic E-state index is 12.3. The number of carbonyl (C=O) groups is 1. The number of hydrogen-bond donors (Lipinski definition) is 1. The first-order valence-electron chi connectivity index (χ1n) is 6.77. The van der Waals surface area contributed by atoms with Gasteiger partial charge in [-0.25, -0.2) is 19.9 Å². The third kappa shape index (κ3) is 2.67. The van der Waals surface area contributed by atoms with Gasteiger partial charge in [0.05, 0.1) is 10.2 Å². The molecule has 0 saturated carbocycles. The lowest BCUT2D eigenvalue weighted by Crippen LogP contribution is -2.13. The van der Waals surface area contributed by atoms with Gasteiger partial charge in [0.15, 0.2) is 5.01 Å². The minimum absolute atomic E-state index is 0.290. The summed E-state index contributed by atoms with van der Waals surface area (Å²) in [5, 5.41) is 3.14. The molecule has 1 aromatic carbocycles. The topological polar surface area (TPSA) is 85.6 Å². The molecule has 0 spiro atoms. The highest BCUT2D eigenvalue weighted by atomic mass is 32.1. The molecule has 1 N–H and O–H groups in total. The van der Waals surface area contributed by atoms with Crippen LogP contribution in [0.5, 0.6) is 0 Å². The highest BCUT2D eigenvalue weighted by Gasteiger charge is 2.13. The number of rotatable bonds is 3. The Morgan fingerprint density at radius 2 is 2.13 bits per heavy atom. The Morgan fingerprint density at radius 1 is 1.22 bits per heavy atom. The van der Waals surface area contributed by atoms with Crippen LogP contribution in [-0.2, 0) is 0 Å². The van der Waals surface area contributed by atoms with E-state index in [9.17, 15) is 4.79 Å². The lowest BCUT2D eigenvalue weighted by Gasteiger charge is -2.04. The molecule has 3 aromatic heterocycles. The smallest absolute Gasteiger partial charge is 0.285 e. The maximum absolute atomic E-state index is 12.3. The van der Waals surface area contributed by atoms with Crippen molar-refractivity contribution in [2.75, 3.05) is 5.32 Å². The van der Waals surface area contributed by atoms with Gasteiger partial charge >= 0.3 is 0 Å². The van der Waals surface area contributed by atoms with Crippen molar-refractivity contribution in [2.24, 2.45) is 0 Å². The van der Waals surface area contributed by atoms with Crippen LogP contribution >= 0.6 is 11.3 Å². The van der Waals surface area contributed by atoms with E-state index in [0.29, 0.717) is 16.6 Å². The lowest BCUT2D eigenvalue weighted by molar-refractivity contribution is 0.102. The molecule has 0 radical (unpaired) electrons. The molecule has 0 unspecified atom stereocenters. The summed E-state index contributed by atoms with van der Waals surface area (Å²) in [5.74, 6) is 0.742. The number of carbonyl (C=O) groups excluding carboxylic acids is 1. The van der Waals surface area contributed by atoms with Crippen LogP contribution in [0.15, 0.2) is 55.4 Å². The average molecular weight is 322 g/mol. The molecule has 0 saturated heterocycles. The normalized spacial score (nSPS) is 10.8. The highest BCUT2D eigenvalue weighted by molar-refractivity contribution is 7.20. The summed E-state index contributed by atoms with van der Waals surface area (Å²) in [4.78, 5) is 28.8. The SMILES string of the molecule is O=C(Nc1cc(-n2ccnc2)ncn1)c1nc2ccccc2s1. The molecule has 1 amide bonds. The fourth-order valence-electron chi connectivity index (χ4n) is 2.09. The number of nitrogens with one attached hydrogen (secondary N) is 1. The third-order valence-electron chi connectivity index (χ3n) is 3.15. The van der Waals surface area contributed by atoms with E-state index < -0.39 is 0 Å². The Labute approximate surface area is 134 Å². The van der Waals surface area contributed by atoms with Gasteiger partial charge in [0.25, 0.3) is 5.91 Å². The summed E-state index contributed by atoms with van der Waals surface area (Å²) < 4.78 is 2.70. The second-order valence-corrected chi connectivity index (χ2v) is 5.70. The van der Waals surface area contributed by atoms with E-state index in [1.807, 2.05) is 24.3 Å². The van der Waals surface area contributed by atoms with Crippen molar-refractivity contribution in [2.45, 2.75) is 0 Å². The number of para-hydroxylation sites is 1. The molecule has 0 bridgehead atoms. The third-order valence-corrected chi connectivity index (χ3v) is 4.19. The first kappa shape index (κ1) is 13.5. The van der Waals surface area contributed by atoms with Crippen LogP contribution in [0.1, 0.15) is 9.80 Å². The fraction of sp³-hybridized carbons (Fsp3) is 0. The van der Waals surface area contributed by atoms with Gasteiger partial charge < -0.3 is 5.32 Å². The van der Waals surface area contributed by atoms with E-state index in [2.05, 4.69) is 25.3 Å². The van der Waals surface area contributed by atoms with E-state index >= 15 is 0 Å². The van der Waals surface area contributed by atoms with Crippen LogP contribution in [0.4, 0.5) is 5.82 Å². The van der Waals surface area contributed by atoms with Crippen molar-refractivity contribution in [3.8, 4) is 5.82 Å². The Balaban J connectivity index is 1.60. The molecule has 3 heterocycles. The summed E-state index contributed by atoms with van der Waals surface area (Å²) in [6.07, 6.45) is 6.44. The maximum Gasteiger partial charge on any atom is 0.285 e. The first-order valence-corrected chi connectivity index (χ1v) is 7.58. The van der Waals surface area contributed by atoms with Crippen molar-refractivity contribution < 1.29 is 4.79 Å². The lowest BCUT2D eigenvalue weighted by atomic mass is 10.3. The van der Waals surface area contributed by atoms with E-state index in [1.165, 1.54) is 17.7 Å². The number of anilines is 1. The highest BCUT2D eigenvalue weighted by Crippen LogP contribution is 2.22. The number of amides is 1. The Hall–Kier alpha value is -3.13. The standard InChI is InChI=1S/C15H10N6OS/c22-14(15-19-10-3-1-2-4-11(10)23-15)20-12-7-13(18-8-17-12)21-6-5-16-9-21/h1-9H,(H,17,18,20,22). The fourth-order valence-corrected chi connectivity index (χ4v) is 2.95. The van der Waals surface area contributed by atoms with Crippen molar-refractivity contribution in [3.05, 3.63) is 60.4 Å². The summed E-state index contributed by atoms with van der Waals surface area (Å²) >= 11 is 1.34. The number of benzene rings is 1. The van der Waals surface area contributed by atoms with E-state index in [1.54, 1.807) is 29.4 Å². The number of fused-ring (bicyclic) bond motifs is 1. The van der Waals surface area contributed by atoms with E-state index in [0.717, 1.165) is 10.2 Å². The molecule has 0 aliphatic heterocycles. The van der Waals surface area contributed by atoms with Crippen LogP contribution in [0.2, 0.25) is 0 Å². The van der Waals surface area contributed by atoms with Crippen LogP contribution in [0.25, 0.3) is 16.0 Å². The largest absolute Gasteiger partial charge is 0.304 e. The van der Waals surface area contributed by atoms with Gasteiger partial charge in [-0.3, -0.25) is 9.36 Å². The summed E-state index contributed by atoms with van der Waals surface area (Å²) in [7, 11) is 0. The quantitative estimate of drug-likeness (QED) is 0.626. The molecule has 112 valence electrons. The van der Waals surface area contributed by atoms with Gasteiger partial charge in [-0.2, -0.15) is 0 Å². The average Bonchev–Trinajstić information content (AvgIpc) is 3.24. The number of thiazole rings is 1. The van der Waals surface area contributed by atoms with Crippen molar-refractivity contribution in [1.29, 1.82) is 0 Å². The molecule has 0 aliphatic rings. The number of nitrogens with zero attached hydrogens (tertiary/aromatic N) is 5. The minimum atomic E-state index is -0.290. The van der Waals surface area contributed by atoms with Gasteiger partial charge in [0.1, 0.15) is 24.3 Å². The monoisotopic (exact) mass is 322 g/mol. The second-order valence-electron chi connectivity index (χ2n) is 4.67. The Kier molecular flexibility index (Phi) is 3.28. The van der Waals surface area contributed by atoms with Gasteiger partial charge in [0.2, 0.25) is 0 Å². The zero-order valence-corrected chi connectivity index (χ0v) is 12.6. The van der Waals surface area contributed by atoms with Crippen LogP contribution in [-0.4, -0.2) is 30.4 Å². The van der Waals surface area contributed by atoms with Gasteiger partial charge in [0, 0.05) is 18.5 Å². The van der Waals surface area contributed by atoms with Gasteiger partial charge in [-0.15, -0.1) is 11.3 Å². The van der Waals surface area contributed by atoms with Crippen molar-refractivity contribution >= 4 is 33.3 Å². The molecule has 0 atom stereocenters. The molecule has 0 fully saturated rings. The van der Waals surface area contributed by atoms with Crippen LogP contribution in [0.3, 0.4) is 0 Å². The summed E-state index contributed by atoms with van der Waals surface area (Å²) in [6, 6.07) is 9.30. The minimum Gasteiger partial charge on any atom is -0.304 e. The van der Waals surface area contributed by atoms with E-state index in [-0.39, 0.29) is 5.91 Å². The van der Waals surface area contributed by atoms with E-state index in [4.69, 9.17) is 0 Å². The first-order chi connectivity index (χ1) is 11.3. The number of aromatic nitrogens is 5. The Morgan fingerprint density at radius 3 is 2.96 bits per heavy atom. The molecular weight excluding hydrogens is 312 g/mol. The van der Waals surface area contributed by atoms with Crippen molar-refractivity contribution in [1.82, 2.24) is 24.5 Å². The van der Waals surface area contributed by atoms with Gasteiger partial charge in [-0.1, -0.05) is 12.1 Å². The zero-order chi connectivity index (χ0) is 15.6. The number of imidazole rings is 1. The Bertz CT molecular complexity index is 945. The molecule has 0 aliphatic carbocycles. The predicted octanol–water partition coefficient (Wildman–Crippen LogP) is 2.52. The molecule has 23 heavy (non-hydrogen) atoms. The zero-order valence-electron chi connectivity index (χ0n) is 11.7. The molecule has 8 heteroatoms. The van der Waals surface area contributed by atoms with Crippen LogP contribution in [0, 0.1) is 0 Å². The number of hydrogen-bond acceptors (Lipinski definition) is 6. The molecule has 4 rings (SSSR count). The molecule has 4 aromatic rings. The molecule has 7 nitrogen and oxygen atoms in total. The predicted molar refractivity (Wildman–Crippen MR) is 86.7 cm³/mol. The molecular formula is C15H10N6OS. The summed E-state index contributed by atoms with van der Waals surface area (Å²) in [6.45, 7) is 0. The second kappa shape index (κ2) is 5.58.